The summed E-state index contributed by atoms with van der Waals surface area (Å²) in [6.07, 6.45) is -4.97. The number of aryl methyl sites for hydroxylation is 1. The van der Waals surface area contributed by atoms with Crippen LogP contribution in [0.1, 0.15) is 33.8 Å². The van der Waals surface area contributed by atoms with E-state index in [9.17, 15) is 26.4 Å². The third-order valence-electron chi connectivity index (χ3n) is 2.58. The van der Waals surface area contributed by atoms with Crippen LogP contribution in [-0.2, 0) is 10.0 Å². The van der Waals surface area contributed by atoms with E-state index in [0.29, 0.717) is 4.88 Å². The second-order valence-corrected chi connectivity index (χ2v) is 7.19. The molecular weight excluding hydrogens is 329 g/mol. The van der Waals surface area contributed by atoms with Gasteiger partial charge in [-0.25, -0.2) is 13.6 Å². The average molecular weight is 344 g/mol. The Balaban J connectivity index is 2.50. The summed E-state index contributed by atoms with van der Waals surface area (Å²) in [5.41, 5.74) is 0. The highest BCUT2D eigenvalue weighted by atomic mass is 32.2. The third-order valence-corrected chi connectivity index (χ3v) is 4.79. The van der Waals surface area contributed by atoms with E-state index in [1.807, 2.05) is 0 Å². The molecule has 0 saturated heterocycles. The van der Waals surface area contributed by atoms with Crippen LogP contribution in [0.4, 0.5) is 13.2 Å². The molecule has 5 nitrogen and oxygen atoms in total. The van der Waals surface area contributed by atoms with Crippen LogP contribution in [0.15, 0.2) is 11.0 Å². The van der Waals surface area contributed by atoms with Crippen LogP contribution in [0, 0.1) is 6.92 Å². The van der Waals surface area contributed by atoms with Gasteiger partial charge in [0.15, 0.2) is 0 Å². The highest BCUT2D eigenvalue weighted by molar-refractivity contribution is 7.89. The van der Waals surface area contributed by atoms with Crippen molar-refractivity contribution in [1.29, 1.82) is 0 Å². The fourth-order valence-corrected chi connectivity index (χ4v) is 3.66. The Labute approximate surface area is 124 Å². The van der Waals surface area contributed by atoms with E-state index in [1.165, 1.54) is 13.0 Å². The number of carbonyl (C=O) groups excluding carboxylic acids is 1. The molecule has 0 bridgehead atoms. The quantitative estimate of drug-likeness (QED) is 0.775. The first-order chi connectivity index (χ1) is 9.50. The highest BCUT2D eigenvalue weighted by Gasteiger charge is 2.25. The Morgan fingerprint density at radius 3 is 2.48 bits per heavy atom. The van der Waals surface area contributed by atoms with Crippen LogP contribution in [0.2, 0.25) is 0 Å². The molecule has 1 amide bonds. The molecule has 0 saturated carbocycles. The van der Waals surface area contributed by atoms with E-state index < -0.39 is 28.5 Å². The summed E-state index contributed by atoms with van der Waals surface area (Å²) in [4.78, 5) is 12.2. The number of halogens is 3. The lowest BCUT2D eigenvalue weighted by Gasteiger charge is -2.06. The minimum Gasteiger partial charge on any atom is -0.351 e. The maximum atomic E-state index is 11.9. The number of carbonyl (C=O) groups is 1. The molecule has 0 aliphatic heterocycles. The summed E-state index contributed by atoms with van der Waals surface area (Å²) >= 11 is 0.966. The first-order valence-electron chi connectivity index (χ1n) is 5.99. The van der Waals surface area contributed by atoms with E-state index in [-0.39, 0.29) is 29.2 Å². The van der Waals surface area contributed by atoms with E-state index in [0.717, 1.165) is 11.3 Å². The van der Waals surface area contributed by atoms with Crippen molar-refractivity contribution in [3.8, 4) is 0 Å². The average Bonchev–Trinajstić information content (AvgIpc) is 2.69. The number of amides is 1. The molecule has 1 aromatic rings. The van der Waals surface area contributed by atoms with Crippen molar-refractivity contribution in [2.75, 3.05) is 6.54 Å². The molecule has 1 heterocycles. The smallest absolute Gasteiger partial charge is 0.351 e. The van der Waals surface area contributed by atoms with Gasteiger partial charge in [0.1, 0.15) is 0 Å². The molecular formula is C11H15F3N2O3S2. The molecule has 0 aromatic carbocycles. The lowest BCUT2D eigenvalue weighted by molar-refractivity contribution is -0.135. The summed E-state index contributed by atoms with van der Waals surface area (Å²) in [5.74, 6) is -0.523. The molecule has 3 N–H and O–H groups in total. The second kappa shape index (κ2) is 6.75. The second-order valence-electron chi connectivity index (χ2n) is 4.40. The van der Waals surface area contributed by atoms with Gasteiger partial charge in [0, 0.05) is 17.8 Å². The van der Waals surface area contributed by atoms with E-state index >= 15 is 0 Å². The van der Waals surface area contributed by atoms with Gasteiger partial charge in [-0.15, -0.1) is 11.3 Å². The zero-order valence-electron chi connectivity index (χ0n) is 11.2. The van der Waals surface area contributed by atoms with E-state index in [1.54, 1.807) is 0 Å². The van der Waals surface area contributed by atoms with Crippen LogP contribution in [0.3, 0.4) is 0 Å². The number of hydrogen-bond donors (Lipinski definition) is 2. The number of nitrogens with two attached hydrogens (primary N) is 1. The van der Waals surface area contributed by atoms with Crippen LogP contribution >= 0.6 is 11.3 Å². The number of sulfonamides is 1. The van der Waals surface area contributed by atoms with Gasteiger partial charge in [0.25, 0.3) is 5.91 Å². The molecule has 0 spiro atoms. The maximum Gasteiger partial charge on any atom is 0.389 e. The molecule has 21 heavy (non-hydrogen) atoms. The highest BCUT2D eigenvalue weighted by Crippen LogP contribution is 2.25. The van der Waals surface area contributed by atoms with Gasteiger partial charge >= 0.3 is 6.18 Å². The van der Waals surface area contributed by atoms with Crippen LogP contribution in [-0.4, -0.2) is 27.0 Å². The Morgan fingerprint density at radius 1 is 1.38 bits per heavy atom. The van der Waals surface area contributed by atoms with Crippen molar-refractivity contribution in [3.05, 3.63) is 15.8 Å². The monoisotopic (exact) mass is 344 g/mol. The largest absolute Gasteiger partial charge is 0.389 e. The molecule has 0 aliphatic carbocycles. The van der Waals surface area contributed by atoms with Crippen molar-refractivity contribution in [2.45, 2.75) is 37.3 Å². The molecule has 0 radical (unpaired) electrons. The number of primary sulfonamides is 1. The fourth-order valence-electron chi connectivity index (χ4n) is 1.60. The summed E-state index contributed by atoms with van der Waals surface area (Å²) in [5, 5.41) is 7.44. The lowest BCUT2D eigenvalue weighted by Crippen LogP contribution is -2.24. The lowest BCUT2D eigenvalue weighted by atomic mass is 10.2. The predicted molar refractivity (Wildman–Crippen MR) is 72.7 cm³/mol. The van der Waals surface area contributed by atoms with Gasteiger partial charge in [-0.2, -0.15) is 13.2 Å². The summed E-state index contributed by atoms with van der Waals surface area (Å²) in [6, 6.07) is 1.17. The predicted octanol–water partition coefficient (Wildman–Crippen LogP) is 2.17. The minimum atomic E-state index is -4.20. The van der Waals surface area contributed by atoms with E-state index in [2.05, 4.69) is 5.32 Å². The zero-order chi connectivity index (χ0) is 16.3. The number of nitrogens with one attached hydrogen (secondary N) is 1. The standard InChI is InChI=1S/C11H15F3N2O3S2/c1-7-9(21(15,18)19)6-8(20-7)10(17)16-5-3-2-4-11(12,13)14/h6H,2-5H2,1H3,(H,16,17)(H2,15,18,19). The topological polar surface area (TPSA) is 89.3 Å². The summed E-state index contributed by atoms with van der Waals surface area (Å²) in [7, 11) is -3.89. The summed E-state index contributed by atoms with van der Waals surface area (Å²) < 4.78 is 58.2. The van der Waals surface area contributed by atoms with Crippen molar-refractivity contribution in [2.24, 2.45) is 5.14 Å². The fraction of sp³-hybridized carbons (Fsp3) is 0.545. The summed E-state index contributed by atoms with van der Waals surface area (Å²) in [6.45, 7) is 1.61. The zero-order valence-corrected chi connectivity index (χ0v) is 12.8. The molecule has 0 unspecified atom stereocenters. The molecule has 0 atom stereocenters. The van der Waals surface area contributed by atoms with Gasteiger partial charge < -0.3 is 5.32 Å². The normalized spacial score (nSPS) is 12.4. The first-order valence-corrected chi connectivity index (χ1v) is 8.35. The van der Waals surface area contributed by atoms with Crippen LogP contribution in [0.25, 0.3) is 0 Å². The van der Waals surface area contributed by atoms with Crippen molar-refractivity contribution >= 4 is 27.3 Å². The molecule has 0 aliphatic rings. The number of alkyl halides is 3. The molecule has 0 fully saturated rings. The van der Waals surface area contributed by atoms with Crippen molar-refractivity contribution < 1.29 is 26.4 Å². The molecule has 10 heteroatoms. The Kier molecular flexibility index (Phi) is 5.76. The van der Waals surface area contributed by atoms with Gasteiger partial charge in [-0.1, -0.05) is 0 Å². The Bertz CT molecular complexity index is 609. The number of hydrogen-bond acceptors (Lipinski definition) is 4. The number of rotatable bonds is 6. The van der Waals surface area contributed by atoms with Crippen molar-refractivity contribution in [1.82, 2.24) is 5.32 Å². The van der Waals surface area contributed by atoms with Crippen LogP contribution < -0.4 is 10.5 Å². The van der Waals surface area contributed by atoms with Crippen LogP contribution in [0.5, 0.6) is 0 Å². The molecule has 120 valence electrons. The van der Waals surface area contributed by atoms with Gasteiger partial charge in [0.05, 0.1) is 9.77 Å². The minimum absolute atomic E-state index is 0.0737. The maximum absolute atomic E-state index is 11.9. The number of unbranched alkanes of at least 4 members (excludes halogenated alkanes) is 1. The van der Waals surface area contributed by atoms with Gasteiger partial charge in [0.2, 0.25) is 10.0 Å². The Hall–Kier alpha value is -1.13. The van der Waals surface area contributed by atoms with Gasteiger partial charge in [-0.3, -0.25) is 4.79 Å². The third kappa shape index (κ3) is 6.02. The molecule has 1 aromatic heterocycles. The van der Waals surface area contributed by atoms with Gasteiger partial charge in [-0.05, 0) is 25.8 Å². The Morgan fingerprint density at radius 2 is 2.00 bits per heavy atom. The molecule has 1 rings (SSSR count). The van der Waals surface area contributed by atoms with Crippen molar-refractivity contribution in [3.63, 3.8) is 0 Å². The van der Waals surface area contributed by atoms with E-state index in [4.69, 9.17) is 5.14 Å². The number of thiophene rings is 1. The first kappa shape index (κ1) is 17.9. The SMILES string of the molecule is Cc1sc(C(=O)NCCCCC(F)(F)F)cc1S(N)(=O)=O.